The van der Waals surface area contributed by atoms with E-state index in [1.807, 2.05) is 75.5 Å². The van der Waals surface area contributed by atoms with Crippen LogP contribution in [0.15, 0.2) is 90.2 Å². The monoisotopic (exact) mass is 466 g/mol. The zero-order chi connectivity index (χ0) is 24.8. The van der Waals surface area contributed by atoms with E-state index >= 15 is 0 Å². The number of hydrogen-bond donors (Lipinski definition) is 2. The van der Waals surface area contributed by atoms with Gasteiger partial charge in [0.2, 0.25) is 0 Å². The Labute approximate surface area is 205 Å². The maximum absolute atomic E-state index is 12.9. The molecule has 1 heterocycles. The Bertz CT molecular complexity index is 1340. The van der Waals surface area contributed by atoms with E-state index in [4.69, 9.17) is 0 Å². The first kappa shape index (κ1) is 24.0. The lowest BCUT2D eigenvalue weighted by Crippen LogP contribution is -2.48. The van der Waals surface area contributed by atoms with Crippen LogP contribution in [0.4, 0.5) is 0 Å². The van der Waals surface area contributed by atoms with E-state index in [1.54, 1.807) is 18.3 Å². The largest absolute Gasteiger partial charge is 0.342 e. The predicted octanol–water partition coefficient (Wildman–Crippen LogP) is 4.90. The van der Waals surface area contributed by atoms with Crippen LogP contribution in [0.25, 0.3) is 10.9 Å². The normalized spacial score (nSPS) is 12.2. The van der Waals surface area contributed by atoms with Crippen molar-refractivity contribution in [1.82, 2.24) is 15.3 Å². The van der Waals surface area contributed by atoms with Crippen molar-refractivity contribution in [2.45, 2.75) is 33.4 Å². The number of carbonyl (C=O) groups excluding carboxylic acids is 2. The van der Waals surface area contributed by atoms with Gasteiger partial charge in [-0.3, -0.25) is 9.59 Å². The maximum Gasteiger partial charge on any atom is 0.262 e. The molecular weight excluding hydrogens is 436 g/mol. The summed E-state index contributed by atoms with van der Waals surface area (Å²) in [6.07, 6.45) is 3.69. The fourth-order valence-corrected chi connectivity index (χ4v) is 3.99. The Kier molecular flexibility index (Phi) is 7.41. The molecule has 0 fully saturated rings. The highest BCUT2D eigenvalue weighted by Gasteiger charge is 2.24. The molecule has 6 heteroatoms. The van der Waals surface area contributed by atoms with Gasteiger partial charge in [0, 0.05) is 34.8 Å². The number of benzene rings is 3. The lowest BCUT2D eigenvalue weighted by molar-refractivity contribution is -0.123. The maximum atomic E-state index is 12.9. The first-order valence-electron chi connectivity index (χ1n) is 11.7. The Morgan fingerprint density at radius 1 is 0.943 bits per heavy atom. The van der Waals surface area contributed by atoms with Crippen molar-refractivity contribution in [2.75, 3.05) is 0 Å². The van der Waals surface area contributed by atoms with E-state index in [1.165, 1.54) is 5.56 Å². The Balaban J connectivity index is 1.47. The highest BCUT2D eigenvalue weighted by molar-refractivity contribution is 6.00. The second kappa shape index (κ2) is 10.8. The zero-order valence-corrected chi connectivity index (χ0v) is 20.2. The molecule has 3 aromatic carbocycles. The van der Waals surface area contributed by atoms with Crippen molar-refractivity contribution in [3.63, 3.8) is 0 Å². The molecule has 4 aromatic rings. The minimum absolute atomic E-state index is 0.104. The second-order valence-electron chi connectivity index (χ2n) is 9.01. The fraction of sp³-hybridized carbons (Fsp3) is 0.207. The fourth-order valence-electron chi connectivity index (χ4n) is 3.99. The molecule has 0 aliphatic heterocycles. The average Bonchev–Trinajstić information content (AvgIpc) is 3.20. The number of nitrogens with one attached hydrogen (secondary N) is 2. The van der Waals surface area contributed by atoms with Crippen molar-refractivity contribution in [1.29, 1.82) is 0 Å². The smallest absolute Gasteiger partial charge is 0.262 e. The van der Waals surface area contributed by atoms with Crippen LogP contribution in [0.5, 0.6) is 0 Å². The standard InChI is InChI=1S/C29H30N4O2/c1-20(2)27(31-28(34)23-15-13-21(3)14-16-23)29(35)32-30-17-24-19-33(18-22-9-5-4-6-10-22)26-12-8-7-11-25(24)26/h4-17,19-20,27H,18H2,1-3H3,(H,31,34)(H,32,35). The van der Waals surface area contributed by atoms with Gasteiger partial charge in [0.1, 0.15) is 6.04 Å². The van der Waals surface area contributed by atoms with Crippen molar-refractivity contribution < 1.29 is 9.59 Å². The molecular formula is C29H30N4O2. The van der Waals surface area contributed by atoms with Crippen LogP contribution in [-0.4, -0.2) is 28.6 Å². The number of para-hydroxylation sites is 1. The van der Waals surface area contributed by atoms with Gasteiger partial charge in [-0.05, 0) is 36.6 Å². The average molecular weight is 467 g/mol. The van der Waals surface area contributed by atoms with Crippen molar-refractivity contribution in [3.8, 4) is 0 Å². The number of aryl methyl sites for hydroxylation is 1. The summed E-state index contributed by atoms with van der Waals surface area (Å²) < 4.78 is 2.17. The third kappa shape index (κ3) is 5.84. The van der Waals surface area contributed by atoms with E-state index in [2.05, 4.69) is 38.6 Å². The number of fused-ring (bicyclic) bond motifs is 1. The lowest BCUT2D eigenvalue weighted by Gasteiger charge is -2.20. The number of aromatic nitrogens is 1. The summed E-state index contributed by atoms with van der Waals surface area (Å²) in [5.41, 5.74) is 7.39. The summed E-state index contributed by atoms with van der Waals surface area (Å²) >= 11 is 0. The van der Waals surface area contributed by atoms with Gasteiger partial charge in [-0.2, -0.15) is 5.10 Å². The van der Waals surface area contributed by atoms with E-state index in [-0.39, 0.29) is 17.7 Å². The molecule has 6 nitrogen and oxygen atoms in total. The quantitative estimate of drug-likeness (QED) is 0.286. The van der Waals surface area contributed by atoms with Gasteiger partial charge in [0.15, 0.2) is 0 Å². The van der Waals surface area contributed by atoms with Gasteiger partial charge in [-0.15, -0.1) is 0 Å². The summed E-state index contributed by atoms with van der Waals surface area (Å²) in [4.78, 5) is 25.5. The minimum atomic E-state index is -0.708. The van der Waals surface area contributed by atoms with E-state index in [0.29, 0.717) is 5.56 Å². The van der Waals surface area contributed by atoms with Gasteiger partial charge >= 0.3 is 0 Å². The minimum Gasteiger partial charge on any atom is -0.342 e. The molecule has 0 aliphatic rings. The Morgan fingerprint density at radius 2 is 1.63 bits per heavy atom. The van der Waals surface area contributed by atoms with E-state index < -0.39 is 6.04 Å². The first-order chi connectivity index (χ1) is 16.9. The van der Waals surface area contributed by atoms with Crippen LogP contribution in [-0.2, 0) is 11.3 Å². The van der Waals surface area contributed by atoms with Crippen molar-refractivity contribution >= 4 is 28.9 Å². The van der Waals surface area contributed by atoms with Gasteiger partial charge in [0.05, 0.1) is 6.21 Å². The van der Waals surface area contributed by atoms with Crippen LogP contribution in [0.1, 0.15) is 40.9 Å². The summed E-state index contributed by atoms with van der Waals surface area (Å²) in [5.74, 6) is -0.746. The molecule has 0 saturated heterocycles. The molecule has 1 aromatic heterocycles. The highest BCUT2D eigenvalue weighted by atomic mass is 16.2. The first-order valence-corrected chi connectivity index (χ1v) is 11.7. The molecule has 2 N–H and O–H groups in total. The SMILES string of the molecule is Cc1ccc(C(=O)NC(C(=O)NN=Cc2cn(Cc3ccccc3)c3ccccc23)C(C)C)cc1. The number of hydrazone groups is 1. The molecule has 0 aliphatic carbocycles. The number of amides is 2. The molecule has 4 rings (SSSR count). The van der Waals surface area contributed by atoms with Crippen LogP contribution in [0.2, 0.25) is 0 Å². The van der Waals surface area contributed by atoms with Crippen LogP contribution in [0, 0.1) is 12.8 Å². The van der Waals surface area contributed by atoms with Gasteiger partial charge < -0.3 is 9.88 Å². The van der Waals surface area contributed by atoms with Crippen LogP contribution < -0.4 is 10.7 Å². The molecule has 1 atom stereocenters. The predicted molar refractivity (Wildman–Crippen MR) is 140 cm³/mol. The third-order valence-electron chi connectivity index (χ3n) is 5.94. The molecule has 0 bridgehead atoms. The van der Waals surface area contributed by atoms with Crippen LogP contribution in [0.3, 0.4) is 0 Å². The summed E-state index contributed by atoms with van der Waals surface area (Å²) in [5, 5.41) is 8.10. The molecule has 0 spiro atoms. The van der Waals surface area contributed by atoms with E-state index in [9.17, 15) is 9.59 Å². The summed E-state index contributed by atoms with van der Waals surface area (Å²) in [6.45, 7) is 6.48. The summed E-state index contributed by atoms with van der Waals surface area (Å²) in [7, 11) is 0. The highest BCUT2D eigenvalue weighted by Crippen LogP contribution is 2.21. The number of nitrogens with zero attached hydrogens (tertiary/aromatic N) is 2. The zero-order valence-electron chi connectivity index (χ0n) is 20.2. The number of carbonyl (C=O) groups is 2. The molecule has 0 radical (unpaired) electrons. The molecule has 0 saturated carbocycles. The van der Waals surface area contributed by atoms with Gasteiger partial charge in [-0.1, -0.05) is 80.1 Å². The third-order valence-corrected chi connectivity index (χ3v) is 5.94. The molecule has 2 amide bonds. The number of hydrogen-bond acceptors (Lipinski definition) is 3. The molecule has 1 unspecified atom stereocenters. The Morgan fingerprint density at radius 3 is 2.34 bits per heavy atom. The summed E-state index contributed by atoms with van der Waals surface area (Å²) in [6, 6.07) is 24.9. The second-order valence-corrected chi connectivity index (χ2v) is 9.01. The lowest BCUT2D eigenvalue weighted by atomic mass is 10.0. The number of rotatable bonds is 8. The Hall–Kier alpha value is -4.19. The van der Waals surface area contributed by atoms with Crippen LogP contribution >= 0.6 is 0 Å². The van der Waals surface area contributed by atoms with E-state index in [0.717, 1.165) is 28.6 Å². The molecule has 178 valence electrons. The topological polar surface area (TPSA) is 75.5 Å². The molecule has 35 heavy (non-hydrogen) atoms. The van der Waals surface area contributed by atoms with Crippen molar-refractivity contribution in [3.05, 3.63) is 107 Å². The van der Waals surface area contributed by atoms with Crippen molar-refractivity contribution in [2.24, 2.45) is 11.0 Å². The van der Waals surface area contributed by atoms with Gasteiger partial charge in [0.25, 0.3) is 11.8 Å². The van der Waals surface area contributed by atoms with Gasteiger partial charge in [-0.25, -0.2) is 5.43 Å².